The smallest absolute Gasteiger partial charge is 0.262 e. The lowest BCUT2D eigenvalue weighted by Crippen LogP contribution is -2.74. The highest BCUT2D eigenvalue weighted by atomic mass is 35.5. The molecule has 0 radical (unpaired) electrons. The zero-order valence-corrected chi connectivity index (χ0v) is 35.1. The molecule has 1 N–H and O–H groups in total. The molecule has 3 aromatic rings. The molecule has 5 aliphatic heterocycles. The summed E-state index contributed by atoms with van der Waals surface area (Å²) in [6.45, 7) is 20.0. The summed E-state index contributed by atoms with van der Waals surface area (Å²) in [6.07, 6.45) is 1.66. The van der Waals surface area contributed by atoms with Crippen molar-refractivity contribution in [2.45, 2.75) is 78.1 Å². The highest BCUT2D eigenvalue weighted by Gasteiger charge is 2.67. The molecule has 3 saturated heterocycles. The summed E-state index contributed by atoms with van der Waals surface area (Å²) in [5, 5.41) is 2.52. The predicted octanol–water partition coefficient (Wildman–Crippen LogP) is 5.86. The summed E-state index contributed by atoms with van der Waals surface area (Å²) in [6, 6.07) is 10.1. The van der Waals surface area contributed by atoms with E-state index >= 15 is 4.39 Å². The van der Waals surface area contributed by atoms with Gasteiger partial charge in [-0.1, -0.05) is 51.3 Å². The molecular weight excluding hydrogens is 801 g/mol. The average Bonchev–Trinajstić information content (AvgIpc) is 3.64. The lowest BCUT2D eigenvalue weighted by molar-refractivity contribution is -0.199. The fourth-order valence-corrected chi connectivity index (χ4v) is 11.1. The van der Waals surface area contributed by atoms with Crippen molar-refractivity contribution in [3.05, 3.63) is 92.8 Å². The second-order valence-electron chi connectivity index (χ2n) is 18.3. The first-order valence-corrected chi connectivity index (χ1v) is 21.1. The van der Waals surface area contributed by atoms with Crippen LogP contribution >= 0.6 is 11.6 Å². The quantitative estimate of drug-likeness (QED) is 0.176. The molecule has 1 saturated carbocycles. The highest BCUT2D eigenvalue weighted by Crippen LogP contribution is 2.59. The number of benzene rings is 2. The maximum absolute atomic E-state index is 15.3. The van der Waals surface area contributed by atoms with Gasteiger partial charge < -0.3 is 19.4 Å². The number of halogens is 2. The minimum atomic E-state index is -1.10. The normalized spacial score (nSPS) is 24.6. The molecule has 6 heterocycles. The Morgan fingerprint density at radius 1 is 0.934 bits per heavy atom. The zero-order chi connectivity index (χ0) is 43.1. The number of pyridine rings is 1. The van der Waals surface area contributed by atoms with E-state index in [0.717, 1.165) is 49.1 Å². The van der Waals surface area contributed by atoms with Crippen LogP contribution in [0.15, 0.2) is 42.5 Å². The number of amides is 5. The third kappa shape index (κ3) is 6.90. The van der Waals surface area contributed by atoms with Gasteiger partial charge in [-0.05, 0) is 74.7 Å². The van der Waals surface area contributed by atoms with Crippen molar-refractivity contribution < 1.29 is 33.1 Å². The summed E-state index contributed by atoms with van der Waals surface area (Å²) in [5.74, 6) is 4.66. The number of hydrogen-bond donors (Lipinski definition) is 1. The maximum atomic E-state index is 15.3. The Morgan fingerprint density at radius 2 is 1.64 bits per heavy atom. The van der Waals surface area contributed by atoms with E-state index < -0.39 is 35.5 Å². The van der Waals surface area contributed by atoms with Crippen LogP contribution in [0.5, 0.6) is 5.75 Å². The summed E-state index contributed by atoms with van der Waals surface area (Å²) < 4.78 is 21.8. The van der Waals surface area contributed by atoms with E-state index in [0.29, 0.717) is 53.3 Å². The van der Waals surface area contributed by atoms with Crippen LogP contribution in [0.2, 0.25) is 5.02 Å². The number of hydrogen-bond acceptors (Lipinski definition) is 9. The van der Waals surface area contributed by atoms with Crippen LogP contribution in [0.3, 0.4) is 0 Å². The molecule has 0 bridgehead atoms. The second-order valence-corrected chi connectivity index (χ2v) is 18.7. The van der Waals surface area contributed by atoms with Crippen LogP contribution in [0.25, 0.3) is 4.85 Å². The Labute approximate surface area is 358 Å². The zero-order valence-electron chi connectivity index (χ0n) is 34.4. The predicted molar refractivity (Wildman–Crippen MR) is 222 cm³/mol. The fourth-order valence-electron chi connectivity index (χ4n) is 10.9. The molecule has 2 aromatic carbocycles. The first-order chi connectivity index (χ1) is 29.0. The molecule has 9 rings (SSSR count). The van der Waals surface area contributed by atoms with Gasteiger partial charge in [0, 0.05) is 54.8 Å². The third-order valence-corrected chi connectivity index (χ3v) is 13.8. The monoisotopic (exact) mass is 845 g/mol. The van der Waals surface area contributed by atoms with Crippen LogP contribution in [0.1, 0.15) is 95.8 Å². The SMILES string of the molecule is [C-]#[N+]c1ccc(OC2C(C)(C)C(N3Cc4nc(C#CC5CCN(CC6CN(c7cc8c(cc7F)C(=O)N(C7CCC(=O)NC7=O)C8=O)C6)CC5)ccc4C3=O)C2(C)C)cc1Cl. The Kier molecular flexibility index (Phi) is 9.95. The Balaban J connectivity index is 0.764. The lowest BCUT2D eigenvalue weighted by Gasteiger charge is -2.65. The summed E-state index contributed by atoms with van der Waals surface area (Å²) in [4.78, 5) is 79.5. The minimum absolute atomic E-state index is 0.0131. The molecule has 1 unspecified atom stereocenters. The number of carbonyl (C=O) groups excluding carboxylic acids is 5. The van der Waals surface area contributed by atoms with Crippen molar-refractivity contribution in [3.8, 4) is 17.6 Å². The van der Waals surface area contributed by atoms with Gasteiger partial charge >= 0.3 is 0 Å². The van der Waals surface area contributed by atoms with Gasteiger partial charge in [-0.25, -0.2) is 14.2 Å². The van der Waals surface area contributed by atoms with Crippen molar-refractivity contribution in [1.82, 2.24) is 25.0 Å². The molecule has 61 heavy (non-hydrogen) atoms. The van der Waals surface area contributed by atoms with Gasteiger partial charge in [0.25, 0.3) is 17.7 Å². The van der Waals surface area contributed by atoms with E-state index in [9.17, 15) is 24.0 Å². The number of nitrogens with one attached hydrogen (secondary N) is 1. The number of carbonyl (C=O) groups is 5. The Bertz CT molecular complexity index is 2510. The third-order valence-electron chi connectivity index (χ3n) is 13.5. The fraction of sp³-hybridized carbons (Fsp3) is 0.457. The summed E-state index contributed by atoms with van der Waals surface area (Å²) in [7, 11) is 0. The number of imide groups is 2. The van der Waals surface area contributed by atoms with Gasteiger partial charge in [-0.15, -0.1) is 0 Å². The van der Waals surface area contributed by atoms with Gasteiger partial charge in [0.15, 0.2) is 0 Å². The average molecular weight is 846 g/mol. The van der Waals surface area contributed by atoms with Crippen molar-refractivity contribution in [2.24, 2.45) is 22.7 Å². The lowest BCUT2D eigenvalue weighted by atomic mass is 9.49. The number of anilines is 1. The van der Waals surface area contributed by atoms with Crippen LogP contribution in [-0.2, 0) is 16.1 Å². The van der Waals surface area contributed by atoms with E-state index in [1.807, 2.05) is 21.9 Å². The van der Waals surface area contributed by atoms with Gasteiger partial charge in [0.1, 0.15) is 29.4 Å². The number of piperidine rings is 2. The second kappa shape index (κ2) is 15.0. The van der Waals surface area contributed by atoms with Crippen molar-refractivity contribution in [1.29, 1.82) is 0 Å². The van der Waals surface area contributed by atoms with Crippen molar-refractivity contribution >= 4 is 52.5 Å². The standard InChI is InChI=1S/C46H45ClFN7O6/c1-45(2)43(46(3,4)44(45)61-28-9-11-34(49-5)32(47)18-28)54-24-35-29(40(54)58)10-8-27(50-35)7-6-25-14-16-52(17-15-25)21-26-22-53(23-26)37-20-31-30(19-33(37)48)41(59)55(42(31)60)36-12-13-38(56)51-39(36)57/h8-11,18-20,25-26,36,43-44H,12-17,21-24H2,1-4H3,(H,51,56,57). The first-order valence-electron chi connectivity index (χ1n) is 20.7. The molecule has 6 aliphatic rings. The molecule has 0 spiro atoms. The molecule has 1 aromatic heterocycles. The van der Waals surface area contributed by atoms with Gasteiger partial charge in [-0.2, -0.15) is 0 Å². The van der Waals surface area contributed by atoms with Crippen molar-refractivity contribution in [3.63, 3.8) is 0 Å². The summed E-state index contributed by atoms with van der Waals surface area (Å²) >= 11 is 6.29. The first kappa shape index (κ1) is 40.6. The number of ether oxygens (including phenoxy) is 1. The largest absolute Gasteiger partial charge is 0.489 e. The maximum Gasteiger partial charge on any atom is 0.262 e. The van der Waals surface area contributed by atoms with E-state index in [-0.39, 0.29) is 64.5 Å². The van der Waals surface area contributed by atoms with E-state index in [2.05, 4.69) is 54.6 Å². The van der Waals surface area contributed by atoms with Crippen LogP contribution in [0, 0.1) is 46.9 Å². The van der Waals surface area contributed by atoms with E-state index in [4.69, 9.17) is 27.9 Å². The van der Waals surface area contributed by atoms with Crippen LogP contribution < -0.4 is 15.0 Å². The van der Waals surface area contributed by atoms with Gasteiger partial charge in [0.05, 0.1) is 46.2 Å². The number of fused-ring (bicyclic) bond motifs is 2. The molecule has 1 atom stereocenters. The van der Waals surface area contributed by atoms with Gasteiger partial charge in [-0.3, -0.25) is 34.2 Å². The summed E-state index contributed by atoms with van der Waals surface area (Å²) in [5.41, 5.74) is 1.85. The van der Waals surface area contributed by atoms with Crippen LogP contribution in [0.4, 0.5) is 15.8 Å². The number of likely N-dealkylation sites (tertiary alicyclic amines) is 1. The highest BCUT2D eigenvalue weighted by molar-refractivity contribution is 6.33. The number of nitrogens with zero attached hydrogens (tertiary/aromatic N) is 6. The molecule has 4 fully saturated rings. The molecular formula is C46H45ClFN7O6. The topological polar surface area (TPSA) is 137 Å². The molecule has 1 aliphatic carbocycles. The minimum Gasteiger partial charge on any atom is -0.489 e. The molecule has 5 amide bonds. The van der Waals surface area contributed by atoms with E-state index in [1.165, 1.54) is 6.07 Å². The number of rotatable bonds is 7. The Hall–Kier alpha value is -5.83. The molecule has 15 heteroatoms. The van der Waals surface area contributed by atoms with Crippen LogP contribution in [-0.4, -0.2) is 100 Å². The molecule has 314 valence electrons. The Morgan fingerprint density at radius 3 is 2.31 bits per heavy atom. The number of aromatic nitrogens is 1. The molecule has 13 nitrogen and oxygen atoms in total. The van der Waals surface area contributed by atoms with E-state index in [1.54, 1.807) is 18.2 Å². The van der Waals surface area contributed by atoms with Gasteiger partial charge in [0.2, 0.25) is 17.5 Å². The van der Waals surface area contributed by atoms with Crippen molar-refractivity contribution in [2.75, 3.05) is 37.6 Å².